The molecule has 156 valence electrons. The summed E-state index contributed by atoms with van der Waals surface area (Å²) >= 11 is 13.1. The minimum absolute atomic E-state index is 0.0878. The number of fused-ring (bicyclic) bond motifs is 1. The van der Waals surface area contributed by atoms with E-state index in [2.05, 4.69) is 22.5 Å². The third-order valence-electron chi connectivity index (χ3n) is 5.34. The normalized spacial score (nSPS) is 18.3. The van der Waals surface area contributed by atoms with Crippen molar-refractivity contribution in [3.63, 3.8) is 0 Å². The van der Waals surface area contributed by atoms with E-state index in [-0.39, 0.29) is 11.8 Å². The third kappa shape index (κ3) is 4.08. The molecule has 0 saturated carbocycles. The average Bonchev–Trinajstić information content (AvgIpc) is 3.23. The van der Waals surface area contributed by atoms with Crippen LogP contribution in [0, 0.1) is 6.92 Å². The monoisotopic (exact) mass is 460 g/mol. The van der Waals surface area contributed by atoms with Crippen LogP contribution in [0.15, 0.2) is 35.9 Å². The van der Waals surface area contributed by atoms with E-state index in [1.807, 2.05) is 30.5 Å². The quantitative estimate of drug-likeness (QED) is 0.602. The Morgan fingerprint density at radius 2 is 2.23 bits per heavy atom. The fraction of sp³-hybridized carbons (Fsp3) is 0.286. The fourth-order valence-corrected chi connectivity index (χ4v) is 4.98. The second-order valence-electron chi connectivity index (χ2n) is 7.40. The Kier molecular flexibility index (Phi) is 5.81. The van der Waals surface area contributed by atoms with Gasteiger partial charge in [0.2, 0.25) is 5.91 Å². The molecule has 1 aromatic carbocycles. The maximum atomic E-state index is 12.8. The smallest absolute Gasteiger partial charge is 0.256 e. The minimum Gasteiger partial charge on any atom is -0.358 e. The summed E-state index contributed by atoms with van der Waals surface area (Å²) in [5.41, 5.74) is 4.16. The molecule has 3 heterocycles. The van der Waals surface area contributed by atoms with Crippen molar-refractivity contribution in [2.24, 2.45) is 0 Å². The van der Waals surface area contributed by atoms with Crippen LogP contribution in [0.4, 0.5) is 5.69 Å². The Balaban J connectivity index is 1.39. The van der Waals surface area contributed by atoms with Gasteiger partial charge in [0.15, 0.2) is 5.11 Å². The van der Waals surface area contributed by atoms with Crippen LogP contribution in [0.3, 0.4) is 0 Å². The van der Waals surface area contributed by atoms with Gasteiger partial charge in [-0.3, -0.25) is 9.59 Å². The number of thiophene rings is 1. The van der Waals surface area contributed by atoms with Gasteiger partial charge in [-0.1, -0.05) is 24.2 Å². The van der Waals surface area contributed by atoms with E-state index < -0.39 is 6.04 Å². The van der Waals surface area contributed by atoms with Gasteiger partial charge in [-0.25, -0.2) is 0 Å². The molecule has 0 spiro atoms. The fourth-order valence-electron chi connectivity index (χ4n) is 3.64. The molecule has 6 nitrogen and oxygen atoms in total. The summed E-state index contributed by atoms with van der Waals surface area (Å²) in [7, 11) is 0. The van der Waals surface area contributed by atoms with E-state index in [1.165, 1.54) is 11.3 Å². The molecule has 2 amide bonds. The largest absolute Gasteiger partial charge is 0.358 e. The first-order valence-electron chi connectivity index (χ1n) is 9.53. The molecule has 4 rings (SSSR count). The summed E-state index contributed by atoms with van der Waals surface area (Å²) in [6.45, 7) is 6.68. The predicted molar refractivity (Wildman–Crippen MR) is 124 cm³/mol. The van der Waals surface area contributed by atoms with E-state index in [4.69, 9.17) is 23.8 Å². The second-order valence-corrected chi connectivity index (χ2v) is 9.18. The average molecular weight is 461 g/mol. The number of hydrogen-bond acceptors (Lipinski definition) is 4. The molecule has 1 atom stereocenters. The van der Waals surface area contributed by atoms with Crippen LogP contribution in [0.1, 0.15) is 39.2 Å². The molecule has 2 aliphatic heterocycles. The lowest BCUT2D eigenvalue weighted by atomic mass is 10.0. The highest BCUT2D eigenvalue weighted by atomic mass is 35.5. The number of piperidine rings is 1. The number of benzene rings is 1. The van der Waals surface area contributed by atoms with Crippen LogP contribution in [-0.4, -0.2) is 27.9 Å². The van der Waals surface area contributed by atoms with Gasteiger partial charge in [0, 0.05) is 33.2 Å². The molecule has 3 N–H and O–H groups in total. The lowest BCUT2D eigenvalue weighted by Crippen LogP contribution is -2.49. The van der Waals surface area contributed by atoms with Gasteiger partial charge in [0.05, 0.1) is 12.1 Å². The van der Waals surface area contributed by atoms with Crippen molar-refractivity contribution in [1.29, 1.82) is 0 Å². The molecule has 1 unspecified atom stereocenters. The summed E-state index contributed by atoms with van der Waals surface area (Å²) < 4.78 is 0. The number of nitrogens with one attached hydrogen (secondary N) is 3. The van der Waals surface area contributed by atoms with E-state index in [0.717, 1.165) is 21.7 Å². The summed E-state index contributed by atoms with van der Waals surface area (Å²) in [6, 6.07) is 5.22. The van der Waals surface area contributed by atoms with Crippen molar-refractivity contribution in [3.05, 3.63) is 62.4 Å². The maximum Gasteiger partial charge on any atom is 0.256 e. The number of thiocarbonyl (C=S) groups is 1. The molecule has 1 saturated heterocycles. The Hall–Kier alpha value is -2.42. The second kappa shape index (κ2) is 8.37. The zero-order valence-electron chi connectivity index (χ0n) is 16.4. The topological polar surface area (TPSA) is 73.5 Å². The van der Waals surface area contributed by atoms with E-state index in [1.54, 1.807) is 4.90 Å². The SMILES string of the molecule is C=C1CCC(N2Cc3c(csc3CNC(=S)Nc3ccc(C)c(Cl)c3)C2=O)C(=O)N1. The zero-order valence-corrected chi connectivity index (χ0v) is 18.8. The molecule has 2 aromatic rings. The number of rotatable bonds is 4. The van der Waals surface area contributed by atoms with Crippen LogP contribution in [0.25, 0.3) is 0 Å². The Morgan fingerprint density at radius 1 is 1.43 bits per heavy atom. The molecular weight excluding hydrogens is 440 g/mol. The summed E-state index contributed by atoms with van der Waals surface area (Å²) in [5.74, 6) is -0.245. The van der Waals surface area contributed by atoms with Gasteiger partial charge >= 0.3 is 0 Å². The lowest BCUT2D eigenvalue weighted by molar-refractivity contribution is -0.126. The van der Waals surface area contributed by atoms with Crippen molar-refractivity contribution in [2.75, 3.05) is 5.32 Å². The molecule has 0 bridgehead atoms. The number of nitrogens with zero attached hydrogens (tertiary/aromatic N) is 1. The zero-order chi connectivity index (χ0) is 21.4. The van der Waals surface area contributed by atoms with Gasteiger partial charge < -0.3 is 20.9 Å². The van der Waals surface area contributed by atoms with Gasteiger partial charge in [-0.15, -0.1) is 11.3 Å². The Morgan fingerprint density at radius 3 is 2.97 bits per heavy atom. The highest BCUT2D eigenvalue weighted by molar-refractivity contribution is 7.80. The maximum absolute atomic E-state index is 12.8. The Labute approximate surface area is 189 Å². The van der Waals surface area contributed by atoms with Gasteiger partial charge in [-0.2, -0.15) is 0 Å². The van der Waals surface area contributed by atoms with E-state index in [9.17, 15) is 9.59 Å². The van der Waals surface area contributed by atoms with Crippen LogP contribution in [0.5, 0.6) is 0 Å². The van der Waals surface area contributed by atoms with Gasteiger partial charge in [-0.05, 0) is 55.2 Å². The lowest BCUT2D eigenvalue weighted by Gasteiger charge is -2.31. The van der Waals surface area contributed by atoms with Gasteiger partial charge in [0.1, 0.15) is 6.04 Å². The van der Waals surface area contributed by atoms with Crippen LogP contribution in [-0.2, 0) is 17.9 Å². The number of halogens is 1. The standard InChI is InChI=1S/C21H21ClN4O2S2/c1-11-3-5-13(7-16(11)22)25-21(29)23-8-18-14-9-26(20(28)15(14)10-30-18)17-6-4-12(2)24-19(17)27/h3,5,7,10,17H,2,4,6,8-9H2,1H3,(H,24,27)(H2,23,25,29). The van der Waals surface area contributed by atoms with Crippen molar-refractivity contribution in [2.45, 2.75) is 38.9 Å². The Bertz CT molecular complexity index is 1070. The predicted octanol–water partition coefficient (Wildman–Crippen LogP) is 3.94. The van der Waals surface area contributed by atoms with Crippen LogP contribution >= 0.6 is 35.2 Å². The van der Waals surface area contributed by atoms with Crippen molar-refractivity contribution < 1.29 is 9.59 Å². The van der Waals surface area contributed by atoms with Crippen molar-refractivity contribution in [1.82, 2.24) is 15.5 Å². The van der Waals surface area contributed by atoms with Crippen molar-refractivity contribution in [3.8, 4) is 0 Å². The first-order chi connectivity index (χ1) is 14.3. The first kappa shape index (κ1) is 20.8. The molecule has 1 fully saturated rings. The third-order valence-corrected chi connectivity index (χ3v) is 7.02. The minimum atomic E-state index is -0.449. The van der Waals surface area contributed by atoms with E-state index >= 15 is 0 Å². The van der Waals surface area contributed by atoms with Crippen molar-refractivity contribution >= 4 is 57.8 Å². The number of aryl methyl sites for hydroxylation is 1. The number of anilines is 1. The molecule has 1 aromatic heterocycles. The molecule has 2 aliphatic rings. The summed E-state index contributed by atoms with van der Waals surface area (Å²) in [5, 5.41) is 12.1. The highest BCUT2D eigenvalue weighted by Crippen LogP contribution is 2.34. The molecule has 9 heteroatoms. The first-order valence-corrected chi connectivity index (χ1v) is 11.2. The highest BCUT2D eigenvalue weighted by Gasteiger charge is 2.39. The molecule has 0 aliphatic carbocycles. The molecule has 30 heavy (non-hydrogen) atoms. The number of allylic oxidation sites excluding steroid dienone is 1. The summed E-state index contributed by atoms with van der Waals surface area (Å²) in [4.78, 5) is 27.8. The van der Waals surface area contributed by atoms with Gasteiger partial charge in [0.25, 0.3) is 5.91 Å². The van der Waals surface area contributed by atoms with E-state index in [0.29, 0.717) is 47.3 Å². The molecule has 0 radical (unpaired) electrons. The number of carbonyl (C=O) groups excluding carboxylic acids is 2. The number of hydrogen-bond donors (Lipinski definition) is 3. The van der Waals surface area contributed by atoms with Crippen LogP contribution < -0.4 is 16.0 Å². The molecular formula is C21H21ClN4O2S2. The number of carbonyl (C=O) groups is 2. The van der Waals surface area contributed by atoms with Crippen LogP contribution in [0.2, 0.25) is 5.02 Å². The summed E-state index contributed by atoms with van der Waals surface area (Å²) in [6.07, 6.45) is 1.29. The number of amides is 2.